The van der Waals surface area contributed by atoms with Crippen LogP contribution in [0.3, 0.4) is 0 Å². The Morgan fingerprint density at radius 2 is 1.73 bits per heavy atom. The summed E-state index contributed by atoms with van der Waals surface area (Å²) in [6.07, 6.45) is 1.50. The summed E-state index contributed by atoms with van der Waals surface area (Å²) < 4.78 is 0. The van der Waals surface area contributed by atoms with Gasteiger partial charge in [0.2, 0.25) is 0 Å². The Morgan fingerprint density at radius 3 is 2.33 bits per heavy atom. The molecule has 0 aliphatic heterocycles. The molecular formula is C12H11ClO2. The van der Waals surface area contributed by atoms with Crippen LogP contribution in [-0.4, -0.2) is 11.6 Å². The lowest BCUT2D eigenvalue weighted by Crippen LogP contribution is -2.23. The SMILES string of the molecule is O=C1CCC(c2ccc(Cl)cc2)CC1=O. The van der Waals surface area contributed by atoms with E-state index in [1.165, 1.54) is 0 Å². The highest BCUT2D eigenvalue weighted by molar-refractivity contribution is 6.37. The van der Waals surface area contributed by atoms with Gasteiger partial charge in [-0.3, -0.25) is 9.59 Å². The van der Waals surface area contributed by atoms with E-state index in [0.29, 0.717) is 17.9 Å². The van der Waals surface area contributed by atoms with Gasteiger partial charge in [-0.1, -0.05) is 23.7 Å². The Bertz CT molecular complexity index is 395. The highest BCUT2D eigenvalue weighted by atomic mass is 35.5. The van der Waals surface area contributed by atoms with Crippen molar-refractivity contribution in [1.82, 2.24) is 0 Å². The van der Waals surface area contributed by atoms with Crippen LogP contribution in [0.4, 0.5) is 0 Å². The molecule has 0 radical (unpaired) electrons. The number of hydrogen-bond acceptors (Lipinski definition) is 2. The molecule has 2 rings (SSSR count). The first-order valence-electron chi connectivity index (χ1n) is 4.98. The molecule has 0 heterocycles. The predicted octanol–water partition coefficient (Wildman–Crippen LogP) is 2.75. The van der Waals surface area contributed by atoms with E-state index in [1.54, 1.807) is 0 Å². The lowest BCUT2D eigenvalue weighted by Gasteiger charge is -2.20. The Labute approximate surface area is 93.2 Å². The molecule has 1 aliphatic carbocycles. The largest absolute Gasteiger partial charge is 0.291 e. The third kappa shape index (κ3) is 2.26. The van der Waals surface area contributed by atoms with E-state index in [2.05, 4.69) is 0 Å². The number of carbonyl (C=O) groups is 2. The molecule has 1 saturated carbocycles. The maximum absolute atomic E-state index is 11.3. The molecule has 3 heteroatoms. The van der Waals surface area contributed by atoms with Crippen LogP contribution in [0.1, 0.15) is 30.7 Å². The molecular weight excluding hydrogens is 212 g/mol. The lowest BCUT2D eigenvalue weighted by atomic mass is 9.83. The number of benzene rings is 1. The molecule has 1 aromatic rings. The van der Waals surface area contributed by atoms with E-state index in [9.17, 15) is 9.59 Å². The fourth-order valence-electron chi connectivity index (χ4n) is 1.90. The zero-order valence-electron chi connectivity index (χ0n) is 8.20. The van der Waals surface area contributed by atoms with Gasteiger partial charge in [-0.05, 0) is 30.0 Å². The van der Waals surface area contributed by atoms with Crippen molar-refractivity contribution in [2.24, 2.45) is 0 Å². The van der Waals surface area contributed by atoms with Gasteiger partial charge in [0.25, 0.3) is 0 Å². The summed E-state index contributed by atoms with van der Waals surface area (Å²) in [6.45, 7) is 0. The number of ketones is 2. The van der Waals surface area contributed by atoms with Gasteiger partial charge in [0, 0.05) is 17.9 Å². The molecule has 0 aromatic heterocycles. The van der Waals surface area contributed by atoms with Gasteiger partial charge in [0.1, 0.15) is 0 Å². The molecule has 0 saturated heterocycles. The van der Waals surface area contributed by atoms with Crippen molar-refractivity contribution in [2.75, 3.05) is 0 Å². The second-order valence-corrected chi connectivity index (χ2v) is 4.27. The van der Waals surface area contributed by atoms with Crippen LogP contribution in [0.5, 0.6) is 0 Å². The van der Waals surface area contributed by atoms with Crippen molar-refractivity contribution < 1.29 is 9.59 Å². The number of Topliss-reactive ketones (excluding diaryl/α,β-unsaturated/α-hetero) is 2. The Morgan fingerprint density at radius 1 is 1.07 bits per heavy atom. The quantitative estimate of drug-likeness (QED) is 0.685. The van der Waals surface area contributed by atoms with Gasteiger partial charge in [-0.2, -0.15) is 0 Å². The minimum absolute atomic E-state index is 0.187. The van der Waals surface area contributed by atoms with Gasteiger partial charge in [-0.25, -0.2) is 0 Å². The third-order valence-corrected chi connectivity index (χ3v) is 3.06. The molecule has 78 valence electrons. The Hall–Kier alpha value is -1.15. The second kappa shape index (κ2) is 4.15. The van der Waals surface area contributed by atoms with Crippen LogP contribution in [0.25, 0.3) is 0 Å². The normalized spacial score (nSPS) is 21.8. The second-order valence-electron chi connectivity index (χ2n) is 3.84. The summed E-state index contributed by atoms with van der Waals surface area (Å²) in [4.78, 5) is 22.3. The van der Waals surface area contributed by atoms with Crippen LogP contribution in [-0.2, 0) is 9.59 Å². The zero-order valence-corrected chi connectivity index (χ0v) is 8.96. The average molecular weight is 223 g/mol. The molecule has 0 amide bonds. The number of halogens is 1. The zero-order chi connectivity index (χ0) is 10.8. The molecule has 1 aromatic carbocycles. The van der Waals surface area contributed by atoms with E-state index in [4.69, 9.17) is 11.6 Å². The molecule has 0 bridgehead atoms. The van der Waals surface area contributed by atoms with E-state index in [0.717, 1.165) is 12.0 Å². The first-order chi connectivity index (χ1) is 7.16. The maximum Gasteiger partial charge on any atom is 0.198 e. The predicted molar refractivity (Wildman–Crippen MR) is 58.1 cm³/mol. The molecule has 1 aliphatic rings. The highest BCUT2D eigenvalue weighted by Crippen LogP contribution is 2.30. The topological polar surface area (TPSA) is 34.1 Å². The summed E-state index contributed by atoms with van der Waals surface area (Å²) >= 11 is 5.78. The summed E-state index contributed by atoms with van der Waals surface area (Å²) in [5.74, 6) is -0.270. The van der Waals surface area contributed by atoms with E-state index >= 15 is 0 Å². The standard InChI is InChI=1S/C12H11ClO2/c13-10-4-1-8(2-5-10)9-3-6-11(14)12(15)7-9/h1-2,4-5,9H,3,6-7H2. The average Bonchev–Trinajstić information content (AvgIpc) is 2.23. The van der Waals surface area contributed by atoms with Crippen molar-refractivity contribution in [3.05, 3.63) is 34.9 Å². The summed E-state index contributed by atoms with van der Waals surface area (Å²) in [6, 6.07) is 7.49. The molecule has 0 N–H and O–H groups in total. The Kier molecular flexibility index (Phi) is 2.87. The number of hydrogen-bond donors (Lipinski definition) is 0. The van der Waals surface area contributed by atoms with Gasteiger partial charge in [0.15, 0.2) is 11.6 Å². The van der Waals surface area contributed by atoms with Crippen molar-refractivity contribution >= 4 is 23.2 Å². The summed E-state index contributed by atoms with van der Waals surface area (Å²) in [7, 11) is 0. The molecule has 1 fully saturated rings. The number of rotatable bonds is 1. The van der Waals surface area contributed by atoms with Gasteiger partial charge in [0.05, 0.1) is 0 Å². The minimum atomic E-state index is -0.235. The van der Waals surface area contributed by atoms with Crippen molar-refractivity contribution in [1.29, 1.82) is 0 Å². The smallest absolute Gasteiger partial charge is 0.198 e. The van der Waals surface area contributed by atoms with Gasteiger partial charge in [-0.15, -0.1) is 0 Å². The van der Waals surface area contributed by atoms with Gasteiger partial charge >= 0.3 is 0 Å². The fraction of sp³-hybridized carbons (Fsp3) is 0.333. The molecule has 1 unspecified atom stereocenters. The monoisotopic (exact) mass is 222 g/mol. The van der Waals surface area contributed by atoms with E-state index in [1.807, 2.05) is 24.3 Å². The van der Waals surface area contributed by atoms with Crippen LogP contribution in [0.2, 0.25) is 5.02 Å². The molecule has 15 heavy (non-hydrogen) atoms. The van der Waals surface area contributed by atoms with Crippen LogP contribution in [0.15, 0.2) is 24.3 Å². The van der Waals surface area contributed by atoms with Crippen molar-refractivity contribution in [3.63, 3.8) is 0 Å². The van der Waals surface area contributed by atoms with E-state index < -0.39 is 0 Å². The first-order valence-corrected chi connectivity index (χ1v) is 5.36. The molecule has 2 nitrogen and oxygen atoms in total. The maximum atomic E-state index is 11.3. The summed E-state index contributed by atoms with van der Waals surface area (Å²) in [5.41, 5.74) is 1.10. The fourth-order valence-corrected chi connectivity index (χ4v) is 2.03. The first kappa shape index (κ1) is 10.4. The van der Waals surface area contributed by atoms with Crippen molar-refractivity contribution in [2.45, 2.75) is 25.2 Å². The van der Waals surface area contributed by atoms with Crippen LogP contribution in [0, 0.1) is 0 Å². The number of carbonyl (C=O) groups excluding carboxylic acids is 2. The Balaban J connectivity index is 2.15. The highest BCUT2D eigenvalue weighted by Gasteiger charge is 2.27. The summed E-state index contributed by atoms with van der Waals surface area (Å²) in [5, 5.41) is 0.692. The molecule has 1 atom stereocenters. The lowest BCUT2D eigenvalue weighted by molar-refractivity contribution is -0.138. The minimum Gasteiger partial charge on any atom is -0.291 e. The van der Waals surface area contributed by atoms with Crippen molar-refractivity contribution in [3.8, 4) is 0 Å². The van der Waals surface area contributed by atoms with Crippen LogP contribution >= 0.6 is 11.6 Å². The third-order valence-electron chi connectivity index (χ3n) is 2.80. The van der Waals surface area contributed by atoms with Crippen LogP contribution < -0.4 is 0 Å². The van der Waals surface area contributed by atoms with E-state index in [-0.39, 0.29) is 17.5 Å². The van der Waals surface area contributed by atoms with Gasteiger partial charge < -0.3 is 0 Å². The molecule has 0 spiro atoms.